The van der Waals surface area contributed by atoms with Gasteiger partial charge in [-0.3, -0.25) is 0 Å². The lowest BCUT2D eigenvalue weighted by molar-refractivity contribution is 0.153. The van der Waals surface area contributed by atoms with Gasteiger partial charge in [0.1, 0.15) is 5.75 Å². The molecule has 1 heterocycles. The number of rotatable bonds is 5. The summed E-state index contributed by atoms with van der Waals surface area (Å²) in [6.07, 6.45) is 6.36. The Kier molecular flexibility index (Phi) is 4.57. The molecule has 0 spiro atoms. The van der Waals surface area contributed by atoms with E-state index in [2.05, 4.69) is 52.4 Å². The van der Waals surface area contributed by atoms with Gasteiger partial charge in [0.25, 0.3) is 0 Å². The molecule has 2 aliphatic rings. The van der Waals surface area contributed by atoms with Gasteiger partial charge in [0.05, 0.1) is 6.61 Å². The maximum absolute atomic E-state index is 5.81. The first-order valence-corrected chi connectivity index (χ1v) is 8.72. The number of fused-ring (bicyclic) bond motifs is 1. The molecule has 0 amide bonds. The summed E-state index contributed by atoms with van der Waals surface area (Å²) < 4.78 is 6.97. The predicted molar refractivity (Wildman–Crippen MR) is 89.9 cm³/mol. The van der Waals surface area contributed by atoms with E-state index in [0.29, 0.717) is 5.54 Å². The quantitative estimate of drug-likeness (QED) is 0.879. The SMILES string of the molecule is CN(C)C1(CNCc2cc(Br)cc3c2OCC3)CCCC1. The highest BCUT2D eigenvalue weighted by molar-refractivity contribution is 9.10. The van der Waals surface area contributed by atoms with Crippen molar-refractivity contribution in [1.82, 2.24) is 10.2 Å². The fraction of sp³-hybridized carbons (Fsp3) is 0.647. The Morgan fingerprint density at radius 3 is 2.76 bits per heavy atom. The minimum atomic E-state index is 0.343. The van der Waals surface area contributed by atoms with Crippen LogP contribution in [0, 0.1) is 0 Å². The van der Waals surface area contributed by atoms with Crippen molar-refractivity contribution < 1.29 is 4.74 Å². The van der Waals surface area contributed by atoms with Crippen LogP contribution in [-0.2, 0) is 13.0 Å². The first-order chi connectivity index (χ1) is 10.1. The summed E-state index contributed by atoms with van der Waals surface area (Å²) >= 11 is 3.62. The Bertz CT molecular complexity index is 510. The zero-order valence-electron chi connectivity index (χ0n) is 13.0. The third kappa shape index (κ3) is 3.13. The summed E-state index contributed by atoms with van der Waals surface area (Å²) in [4.78, 5) is 2.41. The first kappa shape index (κ1) is 15.3. The molecular weight excluding hydrogens is 328 g/mol. The number of hydrogen-bond donors (Lipinski definition) is 1. The molecule has 116 valence electrons. The number of nitrogens with one attached hydrogen (secondary N) is 1. The van der Waals surface area contributed by atoms with Crippen LogP contribution in [0.25, 0.3) is 0 Å². The van der Waals surface area contributed by atoms with Crippen molar-refractivity contribution in [3.8, 4) is 5.75 Å². The molecule has 1 saturated carbocycles. The van der Waals surface area contributed by atoms with Gasteiger partial charge in [-0.1, -0.05) is 28.8 Å². The van der Waals surface area contributed by atoms with E-state index in [1.807, 2.05) is 0 Å². The zero-order valence-corrected chi connectivity index (χ0v) is 14.6. The van der Waals surface area contributed by atoms with Crippen molar-refractivity contribution in [1.29, 1.82) is 0 Å². The van der Waals surface area contributed by atoms with E-state index in [9.17, 15) is 0 Å². The maximum Gasteiger partial charge on any atom is 0.127 e. The second-order valence-corrected chi connectivity index (χ2v) is 7.50. The van der Waals surface area contributed by atoms with Gasteiger partial charge < -0.3 is 15.0 Å². The number of ether oxygens (including phenoxy) is 1. The molecule has 3 nitrogen and oxygen atoms in total. The smallest absolute Gasteiger partial charge is 0.127 e. The van der Waals surface area contributed by atoms with Crippen LogP contribution in [0.15, 0.2) is 16.6 Å². The molecule has 1 fully saturated rings. The average molecular weight is 353 g/mol. The fourth-order valence-corrected chi connectivity index (χ4v) is 4.28. The van der Waals surface area contributed by atoms with Crippen molar-refractivity contribution in [3.05, 3.63) is 27.7 Å². The van der Waals surface area contributed by atoms with Gasteiger partial charge in [0.15, 0.2) is 0 Å². The van der Waals surface area contributed by atoms with Gasteiger partial charge in [-0.05, 0) is 44.6 Å². The monoisotopic (exact) mass is 352 g/mol. The van der Waals surface area contributed by atoms with Crippen LogP contribution in [0.5, 0.6) is 5.75 Å². The van der Waals surface area contributed by atoms with Gasteiger partial charge in [0.2, 0.25) is 0 Å². The number of likely N-dealkylation sites (N-methyl/N-ethyl adjacent to an activating group) is 1. The molecule has 0 aromatic heterocycles. The minimum Gasteiger partial charge on any atom is -0.493 e. The molecule has 4 heteroatoms. The van der Waals surface area contributed by atoms with E-state index >= 15 is 0 Å². The topological polar surface area (TPSA) is 24.5 Å². The van der Waals surface area contributed by atoms with E-state index in [1.165, 1.54) is 36.8 Å². The molecule has 0 bridgehead atoms. The standard InChI is InChI=1S/C17H25BrN2O/c1-20(2)17(6-3-4-7-17)12-19-11-14-10-15(18)9-13-5-8-21-16(13)14/h9-10,19H,3-8,11-12H2,1-2H3. The van der Waals surface area contributed by atoms with Crippen molar-refractivity contribution >= 4 is 15.9 Å². The van der Waals surface area contributed by atoms with Gasteiger partial charge in [-0.25, -0.2) is 0 Å². The molecule has 1 N–H and O–H groups in total. The van der Waals surface area contributed by atoms with Crippen LogP contribution in [0.4, 0.5) is 0 Å². The molecule has 0 saturated heterocycles. The molecule has 0 radical (unpaired) electrons. The van der Waals surface area contributed by atoms with E-state index in [0.717, 1.165) is 36.3 Å². The second kappa shape index (κ2) is 6.27. The molecule has 0 unspecified atom stereocenters. The highest BCUT2D eigenvalue weighted by Crippen LogP contribution is 2.35. The molecule has 0 atom stereocenters. The Hall–Kier alpha value is -0.580. The lowest BCUT2D eigenvalue weighted by Gasteiger charge is -2.36. The number of nitrogens with zero attached hydrogens (tertiary/aromatic N) is 1. The van der Waals surface area contributed by atoms with E-state index in [4.69, 9.17) is 4.74 Å². The molecule has 1 aliphatic carbocycles. The number of halogens is 1. The molecule has 1 aliphatic heterocycles. The van der Waals surface area contributed by atoms with Crippen LogP contribution in [0.3, 0.4) is 0 Å². The molecule has 1 aromatic carbocycles. The van der Waals surface area contributed by atoms with Crippen molar-refractivity contribution in [2.45, 2.75) is 44.2 Å². The average Bonchev–Trinajstić information content (AvgIpc) is 3.07. The Balaban J connectivity index is 1.66. The molecule has 1 aromatic rings. The third-order valence-electron chi connectivity index (χ3n) is 5.08. The van der Waals surface area contributed by atoms with Gasteiger partial charge in [-0.15, -0.1) is 0 Å². The van der Waals surface area contributed by atoms with E-state index in [-0.39, 0.29) is 0 Å². The van der Waals surface area contributed by atoms with Crippen molar-refractivity contribution in [2.24, 2.45) is 0 Å². The summed E-state index contributed by atoms with van der Waals surface area (Å²) in [6, 6.07) is 4.37. The largest absolute Gasteiger partial charge is 0.493 e. The number of benzene rings is 1. The fourth-order valence-electron chi connectivity index (χ4n) is 3.72. The Labute approximate surface area is 136 Å². The van der Waals surface area contributed by atoms with Crippen LogP contribution in [0.1, 0.15) is 36.8 Å². The normalized spacial score (nSPS) is 19.8. The summed E-state index contributed by atoms with van der Waals surface area (Å²) in [5, 5.41) is 3.68. The van der Waals surface area contributed by atoms with Gasteiger partial charge >= 0.3 is 0 Å². The second-order valence-electron chi connectivity index (χ2n) is 6.58. The zero-order chi connectivity index (χ0) is 14.9. The minimum absolute atomic E-state index is 0.343. The summed E-state index contributed by atoms with van der Waals surface area (Å²) in [7, 11) is 4.43. The van der Waals surface area contributed by atoms with Crippen LogP contribution in [0.2, 0.25) is 0 Å². The van der Waals surface area contributed by atoms with Crippen LogP contribution >= 0.6 is 15.9 Å². The van der Waals surface area contributed by atoms with Gasteiger partial charge in [0, 0.05) is 35.1 Å². The van der Waals surface area contributed by atoms with E-state index in [1.54, 1.807) is 0 Å². The van der Waals surface area contributed by atoms with Crippen LogP contribution in [-0.4, -0.2) is 37.7 Å². The van der Waals surface area contributed by atoms with E-state index < -0.39 is 0 Å². The predicted octanol–water partition coefficient (Wildman–Crippen LogP) is 3.35. The summed E-state index contributed by atoms with van der Waals surface area (Å²) in [6.45, 7) is 2.76. The molecular formula is C17H25BrN2O. The van der Waals surface area contributed by atoms with Crippen molar-refractivity contribution in [3.63, 3.8) is 0 Å². The first-order valence-electron chi connectivity index (χ1n) is 7.93. The summed E-state index contributed by atoms with van der Waals surface area (Å²) in [5.41, 5.74) is 2.96. The lowest BCUT2D eigenvalue weighted by atomic mass is 9.96. The third-order valence-corrected chi connectivity index (χ3v) is 5.54. The Morgan fingerprint density at radius 1 is 1.29 bits per heavy atom. The van der Waals surface area contributed by atoms with Crippen LogP contribution < -0.4 is 10.1 Å². The maximum atomic E-state index is 5.81. The number of hydrogen-bond acceptors (Lipinski definition) is 3. The highest BCUT2D eigenvalue weighted by atomic mass is 79.9. The highest BCUT2D eigenvalue weighted by Gasteiger charge is 2.35. The van der Waals surface area contributed by atoms with Gasteiger partial charge in [-0.2, -0.15) is 0 Å². The summed E-state index contributed by atoms with van der Waals surface area (Å²) in [5.74, 6) is 1.11. The Morgan fingerprint density at radius 2 is 2.05 bits per heavy atom. The molecule has 3 rings (SSSR count). The lowest BCUT2D eigenvalue weighted by Crippen LogP contribution is -2.49. The molecule has 21 heavy (non-hydrogen) atoms. The van der Waals surface area contributed by atoms with Crippen molar-refractivity contribution in [2.75, 3.05) is 27.2 Å².